The number of nitrogens with zero attached hydrogens (tertiary/aromatic N) is 15. The quantitative estimate of drug-likeness (QED) is 0.0675. The van der Waals surface area contributed by atoms with Gasteiger partial charge in [-0.3, -0.25) is 53.2 Å². The Balaban J connectivity index is 0.000000143. The number of phenols is 1. The minimum atomic E-state index is -4.93. The van der Waals surface area contributed by atoms with Crippen LogP contribution in [-0.2, 0) is 61.1 Å². The van der Waals surface area contributed by atoms with Crippen molar-refractivity contribution >= 4 is 52.4 Å². The number of aromatic nitrogens is 7. The van der Waals surface area contributed by atoms with Crippen molar-refractivity contribution in [3.8, 4) is 22.6 Å². The van der Waals surface area contributed by atoms with Gasteiger partial charge in [0, 0.05) is 177 Å². The number of fused-ring (bicyclic) bond motifs is 9. The lowest BCUT2D eigenvalue weighted by atomic mass is 9.81. The maximum absolute atomic E-state index is 13.5. The van der Waals surface area contributed by atoms with Gasteiger partial charge in [-0.05, 0) is 247 Å². The van der Waals surface area contributed by atoms with Gasteiger partial charge in [-0.1, -0.05) is 49.4 Å². The molecule has 0 radical (unpaired) electrons. The van der Waals surface area contributed by atoms with Gasteiger partial charge in [0.05, 0.1) is 58.1 Å². The Labute approximate surface area is 767 Å². The van der Waals surface area contributed by atoms with Gasteiger partial charge < -0.3 is 58.1 Å². The molecule has 19 rings (SSSR count). The molecule has 0 bridgehead atoms. The Morgan fingerprint density at radius 2 is 0.909 bits per heavy atom. The Kier molecular flexibility index (Phi) is 26.0. The Hall–Kier alpha value is -11.7. The number of piperidine rings is 4. The molecule has 4 amide bonds. The largest absolute Gasteiger partial charge is 0.508 e. The predicted molar refractivity (Wildman–Crippen MR) is 491 cm³/mol. The number of alkyl halides is 6. The van der Waals surface area contributed by atoms with E-state index in [1.807, 2.05) is 119 Å². The van der Waals surface area contributed by atoms with Crippen molar-refractivity contribution in [1.29, 1.82) is 0 Å². The van der Waals surface area contributed by atoms with Crippen LogP contribution in [0.15, 0.2) is 158 Å². The lowest BCUT2D eigenvalue weighted by Gasteiger charge is -2.50. The van der Waals surface area contributed by atoms with E-state index in [9.17, 15) is 70.1 Å². The van der Waals surface area contributed by atoms with Crippen LogP contribution in [0.3, 0.4) is 0 Å². The molecule has 26 nitrogen and oxygen atoms in total. The number of likely N-dealkylation sites (N-methyl/N-ethyl adjacent to an activating group) is 4. The number of rotatable bonds is 14. The van der Waals surface area contributed by atoms with Crippen LogP contribution in [0.2, 0.25) is 0 Å². The number of anilines is 1. The zero-order valence-corrected chi connectivity index (χ0v) is 76.9. The summed E-state index contributed by atoms with van der Waals surface area (Å²) in [7, 11) is 8.23. The Morgan fingerprint density at radius 1 is 0.485 bits per heavy atom. The van der Waals surface area contributed by atoms with Crippen LogP contribution >= 0.6 is 0 Å². The van der Waals surface area contributed by atoms with Gasteiger partial charge in [-0.2, -0.15) is 36.0 Å². The second-order valence-electron chi connectivity index (χ2n) is 37.8. The third-order valence-electron chi connectivity index (χ3n) is 29.4. The predicted octanol–water partition coefficient (Wildman–Crippen LogP) is 15.5. The lowest BCUT2D eigenvalue weighted by Crippen LogP contribution is -2.56. The molecule has 14 heterocycles. The highest BCUT2D eigenvalue weighted by Crippen LogP contribution is 2.51. The number of carbonyl (C=O) groups is 7. The summed E-state index contributed by atoms with van der Waals surface area (Å²) in [6, 6.07) is 44.1. The van der Waals surface area contributed by atoms with Gasteiger partial charge in [0.25, 0.3) is 29.4 Å². The molecule has 3 N–H and O–H groups in total. The van der Waals surface area contributed by atoms with E-state index in [-0.39, 0.29) is 84.7 Å². The third kappa shape index (κ3) is 17.6. The van der Waals surface area contributed by atoms with Gasteiger partial charge in [0.15, 0.2) is 17.2 Å². The van der Waals surface area contributed by atoms with E-state index in [0.29, 0.717) is 155 Å². The van der Waals surface area contributed by atoms with E-state index in [2.05, 4.69) is 89.4 Å². The number of aliphatic hydroxyl groups excluding tert-OH is 1. The van der Waals surface area contributed by atoms with Crippen molar-refractivity contribution in [2.24, 2.45) is 5.41 Å². The topological polar surface area (TPSA) is 257 Å². The molecule has 132 heavy (non-hydrogen) atoms. The normalized spacial score (nSPS) is 19.0. The summed E-state index contributed by atoms with van der Waals surface area (Å²) < 4.78 is 94.5. The summed E-state index contributed by atoms with van der Waals surface area (Å²) in [5.41, 5.74) is 9.27. The second-order valence-corrected chi connectivity index (χ2v) is 37.8. The fourth-order valence-corrected chi connectivity index (χ4v) is 21.4. The highest BCUT2D eigenvalue weighted by Gasteiger charge is 2.54. The number of phenolic OH excluding ortho intramolecular Hbond substituents is 1. The monoisotopic (exact) mass is 1820 g/mol. The highest BCUT2D eigenvalue weighted by molar-refractivity contribution is 6.02. The molecule has 9 aliphatic rings. The van der Waals surface area contributed by atoms with Gasteiger partial charge in [0.2, 0.25) is 0 Å². The molecular weight excluding hydrogens is 1700 g/mol. The maximum Gasteiger partial charge on any atom is 0.456 e. The fourth-order valence-electron chi connectivity index (χ4n) is 21.4. The summed E-state index contributed by atoms with van der Waals surface area (Å²) in [4.78, 5) is 111. The zero-order valence-electron chi connectivity index (χ0n) is 76.9. The van der Waals surface area contributed by atoms with E-state index in [4.69, 9.17) is 4.74 Å². The number of nitrogens with one attached hydrogen (secondary N) is 1. The van der Waals surface area contributed by atoms with Gasteiger partial charge >= 0.3 is 12.4 Å². The maximum atomic E-state index is 13.5. The number of Topliss-reactive ketones (excluding diaryl/α,β-unsaturated/α-hetero) is 3. The van der Waals surface area contributed by atoms with Crippen molar-refractivity contribution in [3.05, 3.63) is 237 Å². The van der Waals surface area contributed by atoms with Crippen LogP contribution in [0.25, 0.3) is 16.8 Å². The number of amides is 4. The molecule has 4 saturated heterocycles. The zero-order chi connectivity index (χ0) is 94.1. The lowest BCUT2D eigenvalue weighted by molar-refractivity contribution is -0.144. The van der Waals surface area contributed by atoms with Crippen molar-refractivity contribution in [3.63, 3.8) is 0 Å². The number of ketones is 3. The number of aliphatic hydroxyl groups is 1. The molecule has 32 heteroatoms. The minimum absolute atomic E-state index is 0. The number of benzene rings is 4. The standard InChI is InChI=1S/C27H29N3O2.C25H30F3N3O4.C25H31N3O3.C23H28F3N7O.2H2/c1-20(31)24-12-13-25-27(28(2)18-19-30(24)25)14-16-29(17-15-27)26(32)23-10-8-22(9-11-23)21-6-4-3-5-7-21;1-16(2)35-20-6-4-17(14-18(20)15-32)23(34)30-10-8-24(9-11-30)21-7-5-19(22(33)25(26,27)28)31(21)13-12-29(24)3;1-17-16-18(4-6-20(17)29)23(31)27-12-10-25(11-13-27)21-7-5-19(22(30)24(2)8-9-24)28(21)15-14-26(25)3;1-15(2)29-19-6-9-27-20-16(14-28-33(19)20)21(34)31-10-7-22(8-11-31)17-4-5-18(23(24,25)26)32(17)13-12-30(22)3;;/h3-13H,14-19H2,1-2H3;4-7,14,16,32H,8-13,15H2,1-3H3;4-7,16,29H,8-15H2,1-3H3;4-6,9,14-15,29H,7-8,10-13H2,1-3H3;2*1H. The van der Waals surface area contributed by atoms with Crippen LogP contribution < -0.4 is 10.1 Å². The van der Waals surface area contributed by atoms with Gasteiger partial charge in [-0.15, -0.1) is 0 Å². The summed E-state index contributed by atoms with van der Waals surface area (Å²) in [5, 5.41) is 27.1. The van der Waals surface area contributed by atoms with Crippen LogP contribution in [0.1, 0.15) is 221 Å². The Bertz CT molecular complexity index is 6000. The smallest absolute Gasteiger partial charge is 0.456 e. The first-order valence-electron chi connectivity index (χ1n) is 45.9. The van der Waals surface area contributed by atoms with E-state index >= 15 is 0 Å². The van der Waals surface area contributed by atoms with Crippen molar-refractivity contribution in [2.75, 3.05) is 112 Å². The van der Waals surface area contributed by atoms with Crippen LogP contribution in [0.4, 0.5) is 32.2 Å². The van der Waals surface area contributed by atoms with E-state index in [1.54, 1.807) is 76.0 Å². The first-order chi connectivity index (χ1) is 62.8. The van der Waals surface area contributed by atoms with Crippen molar-refractivity contribution in [2.45, 2.75) is 192 Å². The van der Waals surface area contributed by atoms with E-state index < -0.39 is 34.9 Å². The number of carbonyl (C=O) groups excluding carboxylic acids is 7. The first kappa shape index (κ1) is 93.5. The number of ether oxygens (including phenoxy) is 1. The molecule has 8 aliphatic heterocycles. The molecule has 0 atom stereocenters. The average molecular weight is 1820 g/mol. The number of hydrogen-bond acceptors (Lipinski definition) is 17. The number of likely N-dealkylation sites (tertiary alicyclic amines) is 4. The SMILES string of the molecule is CC(=O)c1ccc2n1CCN(C)C21CCN(C(=O)c2ccc(-c3ccccc3)cc2)CC1.CC(C)Nc1ccnc2c(C(=O)N3CCC4(CC3)c3ccc(C(F)(F)F)n3CCN4C)cnn12.CC(C)Oc1ccc(C(=O)N2CCC3(CC2)c2ccc(C(=O)C(F)(F)F)n2CCN3C)cc1CO.Cc1cc(C(=O)N2CCC3(CC2)c2ccc(C(=O)C4(C)CC4)n2CCN3C)ccc1O.[HH].[HH]. The van der Waals surface area contributed by atoms with E-state index in [1.165, 1.54) is 38.9 Å². The van der Waals surface area contributed by atoms with Crippen LogP contribution in [0.5, 0.6) is 11.5 Å². The average Bonchev–Trinajstić information content (AvgIpc) is 1.56. The molecule has 10 aromatic rings. The minimum Gasteiger partial charge on any atom is -0.508 e. The summed E-state index contributed by atoms with van der Waals surface area (Å²) in [6.45, 7) is 22.7. The first-order valence-corrected chi connectivity index (χ1v) is 45.9. The highest BCUT2D eigenvalue weighted by atomic mass is 19.4. The molecular formula is C100H122F6N16O10. The summed E-state index contributed by atoms with van der Waals surface area (Å²) in [5.74, 6) is -0.161. The molecule has 4 spiro atoms. The molecule has 6 aromatic heterocycles. The molecule has 1 aliphatic carbocycles. The number of halogens is 6. The van der Waals surface area contributed by atoms with E-state index in [0.717, 1.165) is 98.6 Å². The summed E-state index contributed by atoms with van der Waals surface area (Å²) in [6.07, 6.45) is 1.40. The van der Waals surface area contributed by atoms with Crippen LogP contribution in [0, 0.1) is 12.3 Å². The molecule has 0 unspecified atom stereocenters. The van der Waals surface area contributed by atoms with Crippen LogP contribution in [-0.4, -0.2) is 248 Å². The molecule has 5 fully saturated rings. The fraction of sp³-hybridized carbons (Fsp3) is 0.470. The number of hydrogen-bond donors (Lipinski definition) is 3. The van der Waals surface area contributed by atoms with Crippen molar-refractivity contribution < 1.29 is 77.7 Å². The molecule has 704 valence electrons. The van der Waals surface area contributed by atoms with Gasteiger partial charge in [0.1, 0.15) is 28.6 Å². The second kappa shape index (κ2) is 36.7. The van der Waals surface area contributed by atoms with Gasteiger partial charge in [-0.25, -0.2) is 4.98 Å². The summed E-state index contributed by atoms with van der Waals surface area (Å²) >= 11 is 0. The third-order valence-corrected chi connectivity index (χ3v) is 29.4. The molecule has 4 aromatic carbocycles. The van der Waals surface area contributed by atoms with Crippen molar-refractivity contribution in [1.82, 2.24) is 72.1 Å². The Morgan fingerprint density at radius 3 is 1.37 bits per heavy atom. The number of aromatic hydroxyl groups is 1. The number of aryl methyl sites for hydroxylation is 1. The molecule has 1 saturated carbocycles.